The Labute approximate surface area is 136 Å². The molecule has 1 heterocycles. The van der Waals surface area contributed by atoms with E-state index in [0.717, 1.165) is 34.6 Å². The normalized spacial score (nSPS) is 23.4. The third kappa shape index (κ3) is 3.32. The first-order valence-corrected chi connectivity index (χ1v) is 8.56. The second kappa shape index (κ2) is 6.67. The van der Waals surface area contributed by atoms with Gasteiger partial charge in [0.2, 0.25) is 0 Å². The van der Waals surface area contributed by atoms with Gasteiger partial charge in [-0.05, 0) is 52.9 Å². The zero-order valence-electron chi connectivity index (χ0n) is 12.7. The van der Waals surface area contributed by atoms with Gasteiger partial charge in [-0.1, -0.05) is 32.4 Å². The fourth-order valence-corrected chi connectivity index (χ4v) is 3.68. The summed E-state index contributed by atoms with van der Waals surface area (Å²) < 4.78 is 1.14. The van der Waals surface area contributed by atoms with Crippen LogP contribution in [0.25, 0.3) is 0 Å². The minimum Gasteiger partial charge on any atom is -0.364 e. The molecular formula is C16H24BrClN2. The SMILES string of the molecule is CCC1CN(c2cc(Cl)c(C)cc2Br)C(C(C)C)CN1. The smallest absolute Gasteiger partial charge is 0.0529 e. The molecule has 112 valence electrons. The first kappa shape index (κ1) is 16.1. The molecule has 1 aliphatic heterocycles. The van der Waals surface area contributed by atoms with Crippen molar-refractivity contribution in [3.8, 4) is 0 Å². The number of nitrogens with zero attached hydrogens (tertiary/aromatic N) is 1. The molecule has 20 heavy (non-hydrogen) atoms. The van der Waals surface area contributed by atoms with Crippen LogP contribution in [0.5, 0.6) is 0 Å². The molecule has 1 N–H and O–H groups in total. The van der Waals surface area contributed by atoms with Crippen molar-refractivity contribution in [2.75, 3.05) is 18.0 Å². The Morgan fingerprint density at radius 2 is 2.15 bits per heavy atom. The van der Waals surface area contributed by atoms with Crippen LogP contribution in [0.1, 0.15) is 32.8 Å². The molecule has 0 saturated carbocycles. The molecule has 0 spiro atoms. The molecule has 2 rings (SSSR count). The van der Waals surface area contributed by atoms with E-state index in [1.807, 2.05) is 6.92 Å². The molecule has 1 aliphatic rings. The summed E-state index contributed by atoms with van der Waals surface area (Å²) in [4.78, 5) is 2.52. The number of benzene rings is 1. The van der Waals surface area contributed by atoms with E-state index < -0.39 is 0 Å². The van der Waals surface area contributed by atoms with Crippen LogP contribution >= 0.6 is 27.5 Å². The molecule has 2 atom stereocenters. The Kier molecular flexibility index (Phi) is 5.38. The fourth-order valence-electron chi connectivity index (χ4n) is 2.84. The number of anilines is 1. The van der Waals surface area contributed by atoms with Crippen molar-refractivity contribution >= 4 is 33.2 Å². The maximum absolute atomic E-state index is 6.34. The molecule has 2 unspecified atom stereocenters. The number of aryl methyl sites for hydroxylation is 1. The van der Waals surface area contributed by atoms with E-state index in [1.165, 1.54) is 5.69 Å². The summed E-state index contributed by atoms with van der Waals surface area (Å²) in [6, 6.07) is 5.29. The van der Waals surface area contributed by atoms with E-state index in [4.69, 9.17) is 11.6 Å². The van der Waals surface area contributed by atoms with Gasteiger partial charge in [0.25, 0.3) is 0 Å². The molecule has 0 aliphatic carbocycles. The van der Waals surface area contributed by atoms with Gasteiger partial charge < -0.3 is 10.2 Å². The van der Waals surface area contributed by atoms with Crippen LogP contribution in [0.15, 0.2) is 16.6 Å². The third-order valence-electron chi connectivity index (χ3n) is 4.23. The number of hydrogen-bond acceptors (Lipinski definition) is 2. The Morgan fingerprint density at radius 3 is 2.75 bits per heavy atom. The van der Waals surface area contributed by atoms with Crippen molar-refractivity contribution in [2.45, 2.75) is 46.2 Å². The second-order valence-corrected chi connectivity index (χ2v) is 7.29. The van der Waals surface area contributed by atoms with Crippen molar-refractivity contribution < 1.29 is 0 Å². The van der Waals surface area contributed by atoms with Crippen LogP contribution in [0.2, 0.25) is 5.02 Å². The monoisotopic (exact) mass is 358 g/mol. The van der Waals surface area contributed by atoms with Gasteiger partial charge >= 0.3 is 0 Å². The van der Waals surface area contributed by atoms with Crippen LogP contribution in [-0.2, 0) is 0 Å². The summed E-state index contributed by atoms with van der Waals surface area (Å²) in [6.45, 7) is 10.9. The molecule has 0 aromatic heterocycles. The number of piperazine rings is 1. The molecule has 4 heteroatoms. The molecule has 1 fully saturated rings. The van der Waals surface area contributed by atoms with Gasteiger partial charge in [-0.3, -0.25) is 0 Å². The summed E-state index contributed by atoms with van der Waals surface area (Å²) >= 11 is 10.1. The second-order valence-electron chi connectivity index (χ2n) is 6.03. The third-order valence-corrected chi connectivity index (χ3v) is 5.28. The van der Waals surface area contributed by atoms with E-state index in [-0.39, 0.29) is 0 Å². The van der Waals surface area contributed by atoms with Crippen LogP contribution in [-0.4, -0.2) is 25.2 Å². The molecule has 1 aromatic rings. The van der Waals surface area contributed by atoms with Crippen molar-refractivity contribution in [3.63, 3.8) is 0 Å². The number of rotatable bonds is 3. The molecule has 0 bridgehead atoms. The lowest BCUT2D eigenvalue weighted by Crippen LogP contribution is -2.58. The Balaban J connectivity index is 2.37. The zero-order valence-corrected chi connectivity index (χ0v) is 15.1. The summed E-state index contributed by atoms with van der Waals surface area (Å²) in [5, 5.41) is 4.50. The maximum atomic E-state index is 6.34. The number of hydrogen-bond donors (Lipinski definition) is 1. The Hall–Kier alpha value is -0.250. The average molecular weight is 360 g/mol. The quantitative estimate of drug-likeness (QED) is 0.847. The minimum absolute atomic E-state index is 0.507. The Bertz CT molecular complexity index is 476. The largest absolute Gasteiger partial charge is 0.364 e. The lowest BCUT2D eigenvalue weighted by Gasteiger charge is -2.44. The van der Waals surface area contributed by atoms with Gasteiger partial charge in [-0.2, -0.15) is 0 Å². The van der Waals surface area contributed by atoms with E-state index in [0.29, 0.717) is 18.0 Å². The molecule has 1 saturated heterocycles. The lowest BCUT2D eigenvalue weighted by molar-refractivity contribution is 0.333. The first-order chi connectivity index (χ1) is 9.43. The van der Waals surface area contributed by atoms with Gasteiger partial charge in [0.05, 0.1) is 5.69 Å². The van der Waals surface area contributed by atoms with Gasteiger partial charge in [-0.25, -0.2) is 0 Å². The van der Waals surface area contributed by atoms with Gasteiger partial charge in [-0.15, -0.1) is 0 Å². The van der Waals surface area contributed by atoms with Crippen molar-refractivity contribution in [1.29, 1.82) is 0 Å². The summed E-state index contributed by atoms with van der Waals surface area (Å²) in [5.74, 6) is 0.604. The Morgan fingerprint density at radius 1 is 1.45 bits per heavy atom. The zero-order chi connectivity index (χ0) is 14.9. The van der Waals surface area contributed by atoms with Gasteiger partial charge in [0.15, 0.2) is 0 Å². The predicted molar refractivity (Wildman–Crippen MR) is 91.9 cm³/mol. The standard InChI is InChI=1S/C16H24BrClN2/c1-5-12-9-20(16(8-19-12)10(2)3)15-7-14(18)11(4)6-13(15)17/h6-7,10,12,16,19H,5,8-9H2,1-4H3. The van der Waals surface area contributed by atoms with Crippen molar-refractivity contribution in [3.05, 3.63) is 27.2 Å². The molecule has 0 radical (unpaired) electrons. The van der Waals surface area contributed by atoms with Gasteiger partial charge in [0, 0.05) is 34.7 Å². The average Bonchev–Trinajstić information content (AvgIpc) is 2.42. The fraction of sp³-hybridized carbons (Fsp3) is 0.625. The molecule has 0 amide bonds. The van der Waals surface area contributed by atoms with Crippen molar-refractivity contribution in [2.24, 2.45) is 5.92 Å². The van der Waals surface area contributed by atoms with Crippen LogP contribution < -0.4 is 10.2 Å². The highest BCUT2D eigenvalue weighted by molar-refractivity contribution is 9.10. The summed E-state index contributed by atoms with van der Waals surface area (Å²) in [7, 11) is 0. The van der Waals surface area contributed by atoms with E-state index in [9.17, 15) is 0 Å². The van der Waals surface area contributed by atoms with Crippen molar-refractivity contribution in [1.82, 2.24) is 5.32 Å². The highest BCUT2D eigenvalue weighted by atomic mass is 79.9. The number of nitrogens with one attached hydrogen (secondary N) is 1. The van der Waals surface area contributed by atoms with Crippen LogP contribution in [0.3, 0.4) is 0 Å². The molecule has 1 aromatic carbocycles. The topological polar surface area (TPSA) is 15.3 Å². The van der Waals surface area contributed by atoms with E-state index in [1.54, 1.807) is 0 Å². The highest BCUT2D eigenvalue weighted by Gasteiger charge is 2.30. The molecule has 2 nitrogen and oxygen atoms in total. The lowest BCUT2D eigenvalue weighted by atomic mass is 9.96. The number of halogens is 2. The highest BCUT2D eigenvalue weighted by Crippen LogP contribution is 2.35. The molecular weight excluding hydrogens is 336 g/mol. The van der Waals surface area contributed by atoms with Crippen LogP contribution in [0, 0.1) is 12.8 Å². The van der Waals surface area contributed by atoms with Crippen LogP contribution in [0.4, 0.5) is 5.69 Å². The van der Waals surface area contributed by atoms with Gasteiger partial charge in [0.1, 0.15) is 0 Å². The van der Waals surface area contributed by atoms with E-state index in [2.05, 4.69) is 59.1 Å². The minimum atomic E-state index is 0.507. The first-order valence-electron chi connectivity index (χ1n) is 7.39. The predicted octanol–water partition coefficient (Wildman–Crippen LogP) is 4.62. The maximum Gasteiger partial charge on any atom is 0.0529 e. The summed E-state index contributed by atoms with van der Waals surface area (Å²) in [6.07, 6.45) is 1.15. The summed E-state index contributed by atoms with van der Waals surface area (Å²) in [5.41, 5.74) is 2.34. The van der Waals surface area contributed by atoms with E-state index >= 15 is 0 Å².